The second-order valence-corrected chi connectivity index (χ2v) is 5.77. The van der Waals surface area contributed by atoms with Gasteiger partial charge in [0.1, 0.15) is 11.3 Å². The minimum absolute atomic E-state index is 0.0182. The molecule has 0 saturated carbocycles. The summed E-state index contributed by atoms with van der Waals surface area (Å²) in [5.41, 5.74) is 2.87. The molecule has 8 heteroatoms. The molecule has 136 valence electrons. The fraction of sp³-hybridized carbons (Fsp3) is 0.278. The smallest absolute Gasteiger partial charge is 0.331 e. The van der Waals surface area contributed by atoms with E-state index in [1.54, 1.807) is 0 Å². The van der Waals surface area contributed by atoms with E-state index in [1.807, 2.05) is 31.2 Å². The van der Waals surface area contributed by atoms with Gasteiger partial charge in [-0.2, -0.15) is 5.10 Å². The zero-order valence-corrected chi connectivity index (χ0v) is 14.4. The molecule has 8 nitrogen and oxygen atoms in total. The number of H-pyrrole nitrogens is 1. The lowest BCUT2D eigenvalue weighted by Gasteiger charge is -2.15. The lowest BCUT2D eigenvalue weighted by atomic mass is 9.99. The Kier molecular flexibility index (Phi) is 4.92. The average Bonchev–Trinajstić information content (AvgIpc) is 3.08. The Morgan fingerprint density at radius 1 is 1.42 bits per heavy atom. The van der Waals surface area contributed by atoms with Gasteiger partial charge < -0.3 is 15.3 Å². The van der Waals surface area contributed by atoms with Crippen molar-refractivity contribution in [2.45, 2.75) is 25.9 Å². The first-order valence-corrected chi connectivity index (χ1v) is 8.28. The molecule has 2 heterocycles. The fourth-order valence-corrected chi connectivity index (χ4v) is 2.95. The molecule has 1 aromatic carbocycles. The minimum Gasteiger partial charge on any atom is -0.494 e. The number of nitrogens with zero attached hydrogens (tertiary/aromatic N) is 2. The predicted octanol–water partition coefficient (Wildman–Crippen LogP) is 1.27. The second-order valence-electron chi connectivity index (χ2n) is 5.77. The number of aromatic hydroxyl groups is 1. The summed E-state index contributed by atoms with van der Waals surface area (Å²) in [7, 11) is 0. The Hall–Kier alpha value is -3.29. The molecule has 1 aliphatic heterocycles. The van der Waals surface area contributed by atoms with Gasteiger partial charge in [-0.25, -0.2) is 4.79 Å². The summed E-state index contributed by atoms with van der Waals surface area (Å²) < 4.78 is 6.68. The highest BCUT2D eigenvalue weighted by molar-refractivity contribution is 6.03. The summed E-state index contributed by atoms with van der Waals surface area (Å²) in [5.74, 6) is 0.316. The summed E-state index contributed by atoms with van der Waals surface area (Å²) in [6, 6.07) is 7.36. The van der Waals surface area contributed by atoms with Crippen LogP contribution in [-0.2, 0) is 6.54 Å². The number of para-hydroxylation sites is 1. The summed E-state index contributed by atoms with van der Waals surface area (Å²) in [6.07, 6.45) is 1.83. The van der Waals surface area contributed by atoms with E-state index in [0.29, 0.717) is 18.7 Å². The van der Waals surface area contributed by atoms with Crippen LogP contribution in [0.2, 0.25) is 0 Å². The standard InChI is InChI=1S/C18H20N4O4/c1-3-9-22-17(24)15(16(23)19-18(22)25)13-10-12(20-21-13)11-7-5-6-8-14(11)26-4-2/h3,5-8,12,20,24H,1,4,9-10H2,2H3,(H,19,23,25)/t12-/m0/s1. The molecule has 2 aromatic rings. The number of benzene rings is 1. The van der Waals surface area contributed by atoms with Gasteiger partial charge in [-0.3, -0.25) is 14.3 Å². The van der Waals surface area contributed by atoms with E-state index in [9.17, 15) is 14.7 Å². The van der Waals surface area contributed by atoms with Crippen LogP contribution >= 0.6 is 0 Å². The van der Waals surface area contributed by atoms with E-state index >= 15 is 0 Å². The third-order valence-electron chi connectivity index (χ3n) is 4.12. The van der Waals surface area contributed by atoms with Gasteiger partial charge in [-0.15, -0.1) is 6.58 Å². The maximum atomic E-state index is 12.2. The molecule has 0 unspecified atom stereocenters. The zero-order chi connectivity index (χ0) is 18.7. The van der Waals surface area contributed by atoms with Crippen molar-refractivity contribution in [2.75, 3.05) is 6.61 Å². The lowest BCUT2D eigenvalue weighted by molar-refractivity contribution is 0.332. The van der Waals surface area contributed by atoms with Crippen LogP contribution in [0.25, 0.3) is 0 Å². The van der Waals surface area contributed by atoms with E-state index < -0.39 is 17.1 Å². The molecule has 0 bridgehead atoms. The van der Waals surface area contributed by atoms with Crippen molar-refractivity contribution in [1.82, 2.24) is 15.0 Å². The Balaban J connectivity index is 1.95. The first-order valence-electron chi connectivity index (χ1n) is 8.28. The number of ether oxygens (including phenoxy) is 1. The average molecular weight is 356 g/mol. The first-order chi connectivity index (χ1) is 12.6. The number of aromatic amines is 1. The van der Waals surface area contributed by atoms with Crippen LogP contribution in [0.15, 0.2) is 51.6 Å². The van der Waals surface area contributed by atoms with Gasteiger partial charge >= 0.3 is 5.69 Å². The number of rotatable bonds is 6. The van der Waals surface area contributed by atoms with E-state index in [2.05, 4.69) is 22.1 Å². The third-order valence-corrected chi connectivity index (χ3v) is 4.12. The summed E-state index contributed by atoms with van der Waals surface area (Å²) in [5, 5.41) is 14.6. The van der Waals surface area contributed by atoms with Gasteiger partial charge in [-0.05, 0) is 13.0 Å². The van der Waals surface area contributed by atoms with Gasteiger partial charge in [0.2, 0.25) is 5.88 Å². The van der Waals surface area contributed by atoms with Crippen molar-refractivity contribution in [3.63, 3.8) is 0 Å². The summed E-state index contributed by atoms with van der Waals surface area (Å²) >= 11 is 0. The van der Waals surface area contributed by atoms with Crippen molar-refractivity contribution in [3.05, 3.63) is 68.9 Å². The van der Waals surface area contributed by atoms with Crippen LogP contribution in [-0.4, -0.2) is 27.0 Å². The summed E-state index contributed by atoms with van der Waals surface area (Å²) in [4.78, 5) is 26.3. The monoisotopic (exact) mass is 356 g/mol. The van der Waals surface area contributed by atoms with Crippen LogP contribution in [0.1, 0.15) is 30.5 Å². The minimum atomic E-state index is -0.694. The highest BCUT2D eigenvalue weighted by atomic mass is 16.5. The highest BCUT2D eigenvalue weighted by Gasteiger charge is 2.28. The van der Waals surface area contributed by atoms with E-state index in [-0.39, 0.29) is 18.2 Å². The van der Waals surface area contributed by atoms with Crippen LogP contribution in [0.5, 0.6) is 11.6 Å². The maximum absolute atomic E-state index is 12.2. The molecule has 1 atom stereocenters. The van der Waals surface area contributed by atoms with Crippen molar-refractivity contribution in [1.29, 1.82) is 0 Å². The molecule has 1 aromatic heterocycles. The molecular formula is C18H20N4O4. The number of allylic oxidation sites excluding steroid dienone is 1. The lowest BCUT2D eigenvalue weighted by Crippen LogP contribution is -2.33. The number of hydrogen-bond acceptors (Lipinski definition) is 6. The molecule has 26 heavy (non-hydrogen) atoms. The van der Waals surface area contributed by atoms with Gasteiger partial charge in [0.25, 0.3) is 5.56 Å². The molecule has 0 fully saturated rings. The first kappa shape index (κ1) is 17.5. The molecule has 0 amide bonds. The van der Waals surface area contributed by atoms with Crippen LogP contribution in [0.4, 0.5) is 0 Å². The number of nitrogens with one attached hydrogen (secondary N) is 2. The van der Waals surface area contributed by atoms with Crippen LogP contribution in [0, 0.1) is 0 Å². The largest absolute Gasteiger partial charge is 0.494 e. The van der Waals surface area contributed by atoms with Gasteiger partial charge in [0, 0.05) is 18.5 Å². The van der Waals surface area contributed by atoms with Gasteiger partial charge in [-0.1, -0.05) is 24.3 Å². The Morgan fingerprint density at radius 2 is 2.19 bits per heavy atom. The zero-order valence-electron chi connectivity index (χ0n) is 14.4. The van der Waals surface area contributed by atoms with Crippen molar-refractivity contribution in [2.24, 2.45) is 5.10 Å². The third kappa shape index (κ3) is 3.13. The van der Waals surface area contributed by atoms with Crippen molar-refractivity contribution < 1.29 is 9.84 Å². The molecular weight excluding hydrogens is 336 g/mol. The quantitative estimate of drug-likeness (QED) is 0.675. The van der Waals surface area contributed by atoms with Crippen molar-refractivity contribution in [3.8, 4) is 11.6 Å². The summed E-state index contributed by atoms with van der Waals surface area (Å²) in [6.45, 7) is 6.06. The topological polar surface area (TPSA) is 109 Å². The molecule has 1 aliphatic rings. The fourth-order valence-electron chi connectivity index (χ4n) is 2.95. The Labute approximate surface area is 149 Å². The van der Waals surface area contributed by atoms with Crippen LogP contribution in [0.3, 0.4) is 0 Å². The molecule has 0 radical (unpaired) electrons. The van der Waals surface area contributed by atoms with E-state index in [1.165, 1.54) is 6.08 Å². The molecule has 0 spiro atoms. The Morgan fingerprint density at radius 3 is 2.92 bits per heavy atom. The SMILES string of the molecule is C=CCn1c(O)c(C2=NN[C@H](c3ccccc3OCC)C2)c(=O)[nH]c1=O. The normalized spacial score (nSPS) is 16.0. The molecule has 0 aliphatic carbocycles. The van der Waals surface area contributed by atoms with Crippen LogP contribution < -0.4 is 21.4 Å². The van der Waals surface area contributed by atoms with Crippen molar-refractivity contribution >= 4 is 5.71 Å². The molecule has 3 rings (SSSR count). The van der Waals surface area contributed by atoms with Gasteiger partial charge in [0.15, 0.2) is 0 Å². The number of hydrazone groups is 1. The second kappa shape index (κ2) is 7.30. The molecule has 0 saturated heterocycles. The van der Waals surface area contributed by atoms with E-state index in [4.69, 9.17) is 4.74 Å². The number of aromatic nitrogens is 2. The Bertz CT molecular complexity index is 974. The predicted molar refractivity (Wildman–Crippen MR) is 97.8 cm³/mol. The number of hydrogen-bond donors (Lipinski definition) is 3. The maximum Gasteiger partial charge on any atom is 0.331 e. The highest BCUT2D eigenvalue weighted by Crippen LogP contribution is 2.31. The van der Waals surface area contributed by atoms with E-state index in [0.717, 1.165) is 15.9 Å². The van der Waals surface area contributed by atoms with Gasteiger partial charge in [0.05, 0.1) is 18.4 Å². The molecule has 3 N–H and O–H groups in total.